The molecule has 25 heavy (non-hydrogen) atoms. The van der Waals surface area contributed by atoms with E-state index in [1.165, 1.54) is 12.1 Å². The van der Waals surface area contributed by atoms with E-state index in [0.29, 0.717) is 37.4 Å². The number of halogens is 2. The zero-order valence-corrected chi connectivity index (χ0v) is 14.3. The van der Waals surface area contributed by atoms with E-state index in [1.54, 1.807) is 9.58 Å². The molecule has 0 spiro atoms. The van der Waals surface area contributed by atoms with Gasteiger partial charge in [-0.1, -0.05) is 19.4 Å². The molecule has 1 aromatic heterocycles. The van der Waals surface area contributed by atoms with Crippen molar-refractivity contribution in [2.45, 2.75) is 45.8 Å². The van der Waals surface area contributed by atoms with Crippen LogP contribution in [0.15, 0.2) is 18.2 Å². The van der Waals surface area contributed by atoms with Crippen molar-refractivity contribution < 1.29 is 13.6 Å². The lowest BCUT2D eigenvalue weighted by Crippen LogP contribution is -2.45. The molecule has 1 aliphatic heterocycles. The Morgan fingerprint density at radius 2 is 2.16 bits per heavy atom. The molecule has 0 radical (unpaired) electrons. The fraction of sp³-hybridized carbons (Fsp3) is 0.471. The van der Waals surface area contributed by atoms with Gasteiger partial charge in [-0.2, -0.15) is 5.10 Å². The van der Waals surface area contributed by atoms with E-state index < -0.39 is 17.7 Å². The Kier molecular flexibility index (Phi) is 4.96. The van der Waals surface area contributed by atoms with Gasteiger partial charge in [0.2, 0.25) is 0 Å². The highest BCUT2D eigenvalue weighted by Gasteiger charge is 2.25. The largest absolute Gasteiger partial charge is 0.331 e. The molecule has 134 valence electrons. The molecule has 0 saturated carbocycles. The van der Waals surface area contributed by atoms with Crippen molar-refractivity contribution in [1.82, 2.24) is 25.0 Å². The molecule has 3 rings (SSSR count). The van der Waals surface area contributed by atoms with Crippen LogP contribution in [0.4, 0.5) is 13.6 Å². The van der Waals surface area contributed by atoms with Gasteiger partial charge < -0.3 is 10.2 Å². The summed E-state index contributed by atoms with van der Waals surface area (Å²) in [4.78, 5) is 18.6. The van der Waals surface area contributed by atoms with Gasteiger partial charge in [0.25, 0.3) is 0 Å². The number of carbonyl (C=O) groups excluding carboxylic acids is 1. The highest BCUT2D eigenvalue weighted by Crippen LogP contribution is 2.23. The number of amides is 2. The van der Waals surface area contributed by atoms with Crippen LogP contribution in [-0.2, 0) is 13.1 Å². The molecule has 1 aromatic carbocycles. The maximum atomic E-state index is 14.1. The summed E-state index contributed by atoms with van der Waals surface area (Å²) in [7, 11) is 0. The maximum absolute atomic E-state index is 14.1. The molecule has 0 aliphatic carbocycles. The summed E-state index contributed by atoms with van der Waals surface area (Å²) in [5.41, 5.74) is 0.299. The van der Waals surface area contributed by atoms with E-state index in [2.05, 4.69) is 15.4 Å². The van der Waals surface area contributed by atoms with Gasteiger partial charge in [-0.25, -0.2) is 23.2 Å². The number of aryl methyl sites for hydroxylation is 1. The van der Waals surface area contributed by atoms with E-state index in [9.17, 15) is 13.6 Å². The Morgan fingerprint density at radius 3 is 2.88 bits per heavy atom. The Labute approximate surface area is 144 Å². The van der Waals surface area contributed by atoms with Crippen LogP contribution in [0.1, 0.15) is 43.0 Å². The molecular weight excluding hydrogens is 328 g/mol. The average Bonchev–Trinajstić information content (AvgIpc) is 2.93. The van der Waals surface area contributed by atoms with E-state index in [4.69, 9.17) is 0 Å². The topological polar surface area (TPSA) is 63.1 Å². The van der Waals surface area contributed by atoms with Gasteiger partial charge in [0, 0.05) is 18.2 Å². The minimum absolute atomic E-state index is 0.283. The first-order valence-corrected chi connectivity index (χ1v) is 8.38. The summed E-state index contributed by atoms with van der Waals surface area (Å²) in [5, 5.41) is 7.13. The number of carbonyl (C=O) groups is 1. The molecule has 8 heteroatoms. The minimum atomic E-state index is -0.646. The lowest BCUT2D eigenvalue weighted by Gasteiger charge is -2.29. The van der Waals surface area contributed by atoms with E-state index >= 15 is 0 Å². The molecule has 1 aliphatic rings. The normalized spacial score (nSPS) is 15.0. The number of aromatic nitrogens is 3. The Hall–Kier alpha value is -2.51. The first kappa shape index (κ1) is 17.3. The smallest absolute Gasteiger partial charge is 0.318 e. The SMILES string of the molecule is CCCC(NC(=O)N1CCn2nc(C)nc2C1)c1ccc(F)cc1F. The van der Waals surface area contributed by atoms with Gasteiger partial charge in [-0.3, -0.25) is 0 Å². The van der Waals surface area contributed by atoms with Gasteiger partial charge >= 0.3 is 6.03 Å². The van der Waals surface area contributed by atoms with Crippen molar-refractivity contribution in [2.75, 3.05) is 6.54 Å². The van der Waals surface area contributed by atoms with Crippen molar-refractivity contribution in [3.05, 3.63) is 47.0 Å². The predicted molar refractivity (Wildman–Crippen MR) is 87.7 cm³/mol. The van der Waals surface area contributed by atoms with E-state index in [0.717, 1.165) is 18.3 Å². The van der Waals surface area contributed by atoms with E-state index in [-0.39, 0.29) is 6.03 Å². The molecular formula is C17H21F2N5O. The van der Waals surface area contributed by atoms with Crippen LogP contribution in [0, 0.1) is 18.6 Å². The monoisotopic (exact) mass is 349 g/mol. The summed E-state index contributed by atoms with van der Waals surface area (Å²) in [5.74, 6) is 0.134. The maximum Gasteiger partial charge on any atom is 0.318 e. The highest BCUT2D eigenvalue weighted by molar-refractivity contribution is 5.74. The molecule has 6 nitrogen and oxygen atoms in total. The van der Waals surface area contributed by atoms with Crippen LogP contribution < -0.4 is 5.32 Å². The number of nitrogens with zero attached hydrogens (tertiary/aromatic N) is 4. The van der Waals surface area contributed by atoms with Crippen molar-refractivity contribution in [2.24, 2.45) is 0 Å². The van der Waals surface area contributed by atoms with E-state index in [1.807, 2.05) is 13.8 Å². The molecule has 1 atom stereocenters. The molecule has 2 amide bonds. The summed E-state index contributed by atoms with van der Waals surface area (Å²) in [6.07, 6.45) is 1.33. The van der Waals surface area contributed by atoms with Crippen LogP contribution in [0.25, 0.3) is 0 Å². The first-order chi connectivity index (χ1) is 12.0. The van der Waals surface area contributed by atoms with Crippen molar-refractivity contribution in [3.8, 4) is 0 Å². The third-order valence-corrected chi connectivity index (χ3v) is 4.27. The summed E-state index contributed by atoms with van der Waals surface area (Å²) >= 11 is 0. The number of benzene rings is 1. The minimum Gasteiger partial charge on any atom is -0.331 e. The summed E-state index contributed by atoms with van der Waals surface area (Å²) in [6.45, 7) is 5.20. The molecule has 1 unspecified atom stereocenters. The van der Waals surface area contributed by atoms with Gasteiger partial charge in [0.05, 0.1) is 19.1 Å². The van der Waals surface area contributed by atoms with Crippen LogP contribution >= 0.6 is 0 Å². The van der Waals surface area contributed by atoms with Gasteiger partial charge in [0.15, 0.2) is 0 Å². The average molecular weight is 349 g/mol. The number of hydrogen-bond donors (Lipinski definition) is 1. The van der Waals surface area contributed by atoms with Gasteiger partial charge in [-0.15, -0.1) is 0 Å². The van der Waals surface area contributed by atoms with Crippen LogP contribution in [-0.4, -0.2) is 32.2 Å². The number of hydrogen-bond acceptors (Lipinski definition) is 3. The Bertz CT molecular complexity index is 776. The number of fused-ring (bicyclic) bond motifs is 1. The molecule has 2 heterocycles. The second-order valence-corrected chi connectivity index (χ2v) is 6.18. The highest BCUT2D eigenvalue weighted by atomic mass is 19.1. The third kappa shape index (κ3) is 3.78. The lowest BCUT2D eigenvalue weighted by atomic mass is 10.0. The summed E-state index contributed by atoms with van der Waals surface area (Å²) in [6, 6.07) is 2.66. The molecule has 1 N–H and O–H groups in total. The van der Waals surface area contributed by atoms with Crippen molar-refractivity contribution in [3.63, 3.8) is 0 Å². The second-order valence-electron chi connectivity index (χ2n) is 6.18. The Morgan fingerprint density at radius 1 is 1.36 bits per heavy atom. The van der Waals surface area contributed by atoms with Crippen molar-refractivity contribution in [1.29, 1.82) is 0 Å². The number of urea groups is 1. The fourth-order valence-electron chi connectivity index (χ4n) is 3.05. The third-order valence-electron chi connectivity index (χ3n) is 4.27. The predicted octanol–water partition coefficient (Wildman–Crippen LogP) is 2.93. The molecule has 2 aromatic rings. The number of rotatable bonds is 4. The molecule has 0 saturated heterocycles. The quantitative estimate of drug-likeness (QED) is 0.923. The molecule has 0 bridgehead atoms. The first-order valence-electron chi connectivity index (χ1n) is 8.38. The van der Waals surface area contributed by atoms with Gasteiger partial charge in [0.1, 0.15) is 23.3 Å². The van der Waals surface area contributed by atoms with Crippen LogP contribution in [0.2, 0.25) is 0 Å². The zero-order valence-electron chi connectivity index (χ0n) is 14.3. The van der Waals surface area contributed by atoms with Gasteiger partial charge in [-0.05, 0) is 19.4 Å². The second kappa shape index (κ2) is 7.16. The fourth-order valence-corrected chi connectivity index (χ4v) is 3.05. The van der Waals surface area contributed by atoms with Crippen LogP contribution in [0.3, 0.4) is 0 Å². The molecule has 0 fully saturated rings. The Balaban J connectivity index is 1.73. The number of nitrogens with one attached hydrogen (secondary N) is 1. The lowest BCUT2D eigenvalue weighted by molar-refractivity contribution is 0.175. The van der Waals surface area contributed by atoms with Crippen molar-refractivity contribution >= 4 is 6.03 Å². The van der Waals surface area contributed by atoms with Crippen LogP contribution in [0.5, 0.6) is 0 Å². The zero-order chi connectivity index (χ0) is 18.0. The standard InChI is InChI=1S/C17H21F2N5O/c1-3-4-15(13-6-5-12(18)9-14(13)19)21-17(25)23-7-8-24-16(10-23)20-11(2)22-24/h5-6,9,15H,3-4,7-8,10H2,1-2H3,(H,21,25). The summed E-state index contributed by atoms with van der Waals surface area (Å²) < 4.78 is 29.0.